The lowest BCUT2D eigenvalue weighted by Gasteiger charge is -2.25. The summed E-state index contributed by atoms with van der Waals surface area (Å²) in [4.78, 5) is 14.5. The van der Waals surface area contributed by atoms with Crippen LogP contribution in [0, 0.1) is 11.3 Å². The number of methoxy groups -OCH3 is 1. The van der Waals surface area contributed by atoms with Gasteiger partial charge in [0, 0.05) is 12.2 Å². The molecule has 0 saturated carbocycles. The lowest BCUT2D eigenvalue weighted by atomic mass is 10.1. The van der Waals surface area contributed by atoms with Crippen LogP contribution in [0.2, 0.25) is 0 Å². The van der Waals surface area contributed by atoms with E-state index in [1.807, 2.05) is 43.3 Å². The molecule has 0 aliphatic rings. The molecule has 2 N–H and O–H groups in total. The van der Waals surface area contributed by atoms with E-state index in [-0.39, 0.29) is 12.1 Å². The number of carbonyl (C=O) groups excluding carboxylic acids is 1. The van der Waals surface area contributed by atoms with Gasteiger partial charge in [-0.3, -0.25) is 0 Å². The highest BCUT2D eigenvalue weighted by molar-refractivity contribution is 5.89. The predicted octanol–water partition coefficient (Wildman–Crippen LogP) is 4.78. The van der Waals surface area contributed by atoms with Gasteiger partial charge in [-0.25, -0.2) is 4.79 Å². The topological polar surface area (TPSA) is 86.6 Å². The van der Waals surface area contributed by atoms with Crippen molar-refractivity contribution in [3.8, 4) is 23.3 Å². The van der Waals surface area contributed by atoms with Gasteiger partial charge in [0.15, 0.2) is 0 Å². The summed E-state index contributed by atoms with van der Waals surface area (Å²) in [5.74, 6) is 2.04. The fourth-order valence-electron chi connectivity index (χ4n) is 3.15. The lowest BCUT2D eigenvalue weighted by molar-refractivity contribution is 0.243. The van der Waals surface area contributed by atoms with Crippen LogP contribution in [-0.4, -0.2) is 38.7 Å². The van der Waals surface area contributed by atoms with Gasteiger partial charge < -0.3 is 25.0 Å². The monoisotopic (exact) mass is 430 g/mol. The van der Waals surface area contributed by atoms with Gasteiger partial charge in [-0.2, -0.15) is 5.26 Å². The molecule has 2 amide bonds. The molecule has 164 valence electrons. The summed E-state index contributed by atoms with van der Waals surface area (Å²) in [7, 11) is 5.57. The highest BCUT2D eigenvalue weighted by atomic mass is 16.5. The molecule has 0 aromatic heterocycles. The van der Waals surface area contributed by atoms with Crippen LogP contribution in [0.15, 0.2) is 72.8 Å². The molecular weight excluding hydrogens is 404 g/mol. The second kappa shape index (κ2) is 10.8. The first-order chi connectivity index (χ1) is 15.5. The zero-order chi connectivity index (χ0) is 22.9. The maximum atomic E-state index is 12.4. The van der Waals surface area contributed by atoms with E-state index < -0.39 is 0 Å². The summed E-state index contributed by atoms with van der Waals surface area (Å²) < 4.78 is 11.1. The minimum absolute atomic E-state index is 0.000882. The van der Waals surface area contributed by atoms with Crippen LogP contribution in [-0.2, 0) is 0 Å². The number of nitrogens with zero attached hydrogens (tertiary/aromatic N) is 2. The number of rotatable bonds is 8. The number of benzene rings is 3. The molecule has 7 nitrogen and oxygen atoms in total. The van der Waals surface area contributed by atoms with Crippen molar-refractivity contribution in [2.24, 2.45) is 0 Å². The van der Waals surface area contributed by atoms with Gasteiger partial charge in [-0.05, 0) is 80.3 Å². The third-order valence-corrected chi connectivity index (χ3v) is 4.89. The summed E-state index contributed by atoms with van der Waals surface area (Å²) in [6, 6.07) is 23.5. The Bertz CT molecular complexity index is 1070. The smallest absolute Gasteiger partial charge is 0.319 e. The van der Waals surface area contributed by atoms with Gasteiger partial charge in [-0.1, -0.05) is 12.1 Å². The predicted molar refractivity (Wildman–Crippen MR) is 124 cm³/mol. The average Bonchev–Trinajstić information content (AvgIpc) is 2.81. The van der Waals surface area contributed by atoms with Crippen molar-refractivity contribution in [2.45, 2.75) is 6.04 Å². The molecule has 3 aromatic carbocycles. The van der Waals surface area contributed by atoms with Gasteiger partial charge >= 0.3 is 6.03 Å². The third-order valence-electron chi connectivity index (χ3n) is 4.89. The van der Waals surface area contributed by atoms with Crippen molar-refractivity contribution >= 4 is 11.7 Å². The number of carbonyl (C=O) groups is 1. The third kappa shape index (κ3) is 6.24. The Balaban J connectivity index is 1.55. The Morgan fingerprint density at radius 1 is 1.00 bits per heavy atom. The number of urea groups is 1. The van der Waals surface area contributed by atoms with E-state index in [0.717, 1.165) is 11.3 Å². The molecule has 0 saturated heterocycles. The first-order valence-corrected chi connectivity index (χ1v) is 10.1. The number of hydrogen-bond donors (Lipinski definition) is 2. The number of nitrogens with one attached hydrogen (secondary N) is 2. The van der Waals surface area contributed by atoms with E-state index in [9.17, 15) is 4.79 Å². The number of amides is 2. The van der Waals surface area contributed by atoms with Crippen molar-refractivity contribution in [3.63, 3.8) is 0 Å². The van der Waals surface area contributed by atoms with Crippen molar-refractivity contribution < 1.29 is 14.3 Å². The van der Waals surface area contributed by atoms with Crippen molar-refractivity contribution in [2.75, 3.05) is 33.1 Å². The maximum Gasteiger partial charge on any atom is 0.319 e. The minimum atomic E-state index is -0.291. The summed E-state index contributed by atoms with van der Waals surface area (Å²) >= 11 is 0. The SMILES string of the molecule is COc1cccc(C(CNC(=O)Nc2ccc(Oc3ccc(C#N)cc3)cc2)N(C)C)c1. The Hall–Kier alpha value is -4.02. The van der Waals surface area contributed by atoms with Crippen molar-refractivity contribution in [1.29, 1.82) is 5.26 Å². The van der Waals surface area contributed by atoms with Gasteiger partial charge in [0.1, 0.15) is 17.2 Å². The first-order valence-electron chi connectivity index (χ1n) is 10.1. The molecule has 1 unspecified atom stereocenters. The molecule has 7 heteroatoms. The van der Waals surface area contributed by atoms with Crippen LogP contribution in [0.1, 0.15) is 17.2 Å². The number of anilines is 1. The van der Waals surface area contributed by atoms with E-state index in [0.29, 0.717) is 29.3 Å². The second-order valence-corrected chi connectivity index (χ2v) is 7.35. The van der Waals surface area contributed by atoms with Crippen LogP contribution in [0.25, 0.3) is 0 Å². The molecule has 0 fully saturated rings. The first kappa shape index (κ1) is 22.7. The molecule has 0 spiro atoms. The molecule has 1 atom stereocenters. The van der Waals surface area contributed by atoms with Crippen molar-refractivity contribution in [1.82, 2.24) is 10.2 Å². The molecular formula is C25H26N4O3. The Labute approximate surface area is 188 Å². The van der Waals surface area contributed by atoms with E-state index in [1.54, 1.807) is 55.6 Å². The van der Waals surface area contributed by atoms with E-state index in [1.165, 1.54) is 0 Å². The van der Waals surface area contributed by atoms with Crippen LogP contribution in [0.4, 0.5) is 10.5 Å². The van der Waals surface area contributed by atoms with Crippen LogP contribution < -0.4 is 20.1 Å². The van der Waals surface area contributed by atoms with Crippen LogP contribution in [0.3, 0.4) is 0 Å². The summed E-state index contributed by atoms with van der Waals surface area (Å²) in [6.45, 7) is 0.436. The fraction of sp³-hybridized carbons (Fsp3) is 0.200. The number of nitriles is 1. The second-order valence-electron chi connectivity index (χ2n) is 7.35. The molecule has 32 heavy (non-hydrogen) atoms. The normalized spacial score (nSPS) is 11.3. The quantitative estimate of drug-likeness (QED) is 0.537. The van der Waals surface area contributed by atoms with Crippen LogP contribution >= 0.6 is 0 Å². The molecule has 0 aliphatic heterocycles. The Morgan fingerprint density at radius 3 is 2.25 bits per heavy atom. The highest BCUT2D eigenvalue weighted by Gasteiger charge is 2.16. The van der Waals surface area contributed by atoms with Gasteiger partial charge in [0.25, 0.3) is 0 Å². The number of likely N-dealkylation sites (N-methyl/N-ethyl adjacent to an activating group) is 1. The Kier molecular flexibility index (Phi) is 7.68. The lowest BCUT2D eigenvalue weighted by Crippen LogP contribution is -2.36. The van der Waals surface area contributed by atoms with Gasteiger partial charge in [0.2, 0.25) is 0 Å². The molecule has 3 aromatic rings. The number of hydrogen-bond acceptors (Lipinski definition) is 5. The molecule has 0 bridgehead atoms. The molecule has 0 aliphatic carbocycles. The van der Waals surface area contributed by atoms with Crippen LogP contribution in [0.5, 0.6) is 17.2 Å². The Morgan fingerprint density at radius 2 is 1.66 bits per heavy atom. The molecule has 3 rings (SSSR count). The van der Waals surface area contributed by atoms with E-state index in [2.05, 4.69) is 16.7 Å². The van der Waals surface area contributed by atoms with E-state index in [4.69, 9.17) is 14.7 Å². The summed E-state index contributed by atoms with van der Waals surface area (Å²) in [5.41, 5.74) is 2.28. The highest BCUT2D eigenvalue weighted by Crippen LogP contribution is 2.24. The van der Waals surface area contributed by atoms with Gasteiger partial charge in [-0.15, -0.1) is 0 Å². The minimum Gasteiger partial charge on any atom is -0.497 e. The maximum absolute atomic E-state index is 12.4. The van der Waals surface area contributed by atoms with E-state index >= 15 is 0 Å². The van der Waals surface area contributed by atoms with Gasteiger partial charge in [0.05, 0.1) is 24.8 Å². The summed E-state index contributed by atoms with van der Waals surface area (Å²) in [5, 5.41) is 14.6. The number of ether oxygens (including phenoxy) is 2. The fourth-order valence-corrected chi connectivity index (χ4v) is 3.15. The molecule has 0 radical (unpaired) electrons. The van der Waals surface area contributed by atoms with Crippen molar-refractivity contribution in [3.05, 3.63) is 83.9 Å². The zero-order valence-electron chi connectivity index (χ0n) is 18.3. The summed E-state index contributed by atoms with van der Waals surface area (Å²) in [6.07, 6.45) is 0. The molecule has 0 heterocycles. The largest absolute Gasteiger partial charge is 0.497 e. The average molecular weight is 431 g/mol. The standard InChI is InChI=1S/C25H26N4O3/c1-29(2)24(19-5-4-6-23(15-19)31-3)17-27-25(30)28-20-9-13-22(14-10-20)32-21-11-7-18(16-26)8-12-21/h4-15,24H,17H2,1-3H3,(H2,27,28,30). The zero-order valence-corrected chi connectivity index (χ0v) is 18.3.